The largest absolute Gasteiger partial charge is 0.368 e. The van der Waals surface area contributed by atoms with Gasteiger partial charge in [0.1, 0.15) is 0 Å². The molecular weight excluding hydrogens is 194 g/mol. The average Bonchev–Trinajstić information content (AvgIpc) is 2.15. The van der Waals surface area contributed by atoms with Crippen LogP contribution in [0.15, 0.2) is 0 Å². The van der Waals surface area contributed by atoms with Crippen molar-refractivity contribution in [3.05, 3.63) is 0 Å². The predicted octanol–water partition coefficient (Wildman–Crippen LogP) is -0.388. The van der Waals surface area contributed by atoms with Crippen molar-refractivity contribution in [2.75, 3.05) is 13.6 Å². The molecule has 1 unspecified atom stereocenters. The van der Waals surface area contributed by atoms with Crippen LogP contribution in [0.25, 0.3) is 0 Å². The average molecular weight is 215 g/mol. The molecule has 1 atom stereocenters. The summed E-state index contributed by atoms with van der Waals surface area (Å²) in [6.07, 6.45) is 1.17. The van der Waals surface area contributed by atoms with Crippen LogP contribution in [0.1, 0.15) is 26.7 Å². The van der Waals surface area contributed by atoms with Crippen molar-refractivity contribution in [1.29, 1.82) is 0 Å². The Morgan fingerprint density at radius 3 is 2.33 bits per heavy atom. The van der Waals surface area contributed by atoms with Crippen LogP contribution in [0.3, 0.4) is 0 Å². The first-order valence-electron chi connectivity index (χ1n) is 5.22. The third-order valence-corrected chi connectivity index (χ3v) is 2.20. The maximum atomic E-state index is 11.0. The molecule has 0 aliphatic heterocycles. The van der Waals surface area contributed by atoms with Crippen molar-refractivity contribution in [3.8, 4) is 0 Å². The first-order valence-corrected chi connectivity index (χ1v) is 5.22. The number of carbonyl (C=O) groups excluding carboxylic acids is 2. The van der Waals surface area contributed by atoms with Crippen molar-refractivity contribution >= 4 is 11.8 Å². The highest BCUT2D eigenvalue weighted by Gasteiger charge is 2.17. The molecule has 0 aromatic rings. The summed E-state index contributed by atoms with van der Waals surface area (Å²) in [5.41, 5.74) is 5.23. The van der Waals surface area contributed by atoms with Gasteiger partial charge < -0.3 is 16.4 Å². The van der Waals surface area contributed by atoms with Crippen LogP contribution in [0.4, 0.5) is 0 Å². The van der Waals surface area contributed by atoms with Crippen molar-refractivity contribution in [2.24, 2.45) is 11.7 Å². The Morgan fingerprint density at radius 1 is 1.33 bits per heavy atom. The van der Waals surface area contributed by atoms with Gasteiger partial charge >= 0.3 is 0 Å². The van der Waals surface area contributed by atoms with Gasteiger partial charge in [-0.3, -0.25) is 9.59 Å². The number of amides is 2. The normalized spacial score (nSPS) is 12.5. The van der Waals surface area contributed by atoms with E-state index in [4.69, 9.17) is 5.73 Å². The quantitative estimate of drug-likeness (QED) is 0.506. The highest BCUT2D eigenvalue weighted by molar-refractivity contribution is 5.80. The minimum absolute atomic E-state index is 0.0111. The number of hydrogen-bond acceptors (Lipinski definition) is 3. The molecule has 0 aliphatic rings. The van der Waals surface area contributed by atoms with Gasteiger partial charge in [-0.05, 0) is 18.9 Å². The Morgan fingerprint density at radius 2 is 1.93 bits per heavy atom. The third-order valence-electron chi connectivity index (χ3n) is 2.20. The molecule has 0 aromatic carbocycles. The molecule has 5 heteroatoms. The first-order chi connectivity index (χ1) is 6.99. The van der Waals surface area contributed by atoms with E-state index in [1.165, 1.54) is 0 Å². The van der Waals surface area contributed by atoms with Crippen LogP contribution in [0.5, 0.6) is 0 Å². The van der Waals surface area contributed by atoms with Gasteiger partial charge in [0.2, 0.25) is 11.8 Å². The maximum absolute atomic E-state index is 11.0. The molecule has 0 aliphatic carbocycles. The van der Waals surface area contributed by atoms with Gasteiger partial charge in [0, 0.05) is 13.5 Å². The summed E-state index contributed by atoms with van der Waals surface area (Å²) < 4.78 is 0. The van der Waals surface area contributed by atoms with Gasteiger partial charge in [0.15, 0.2) is 0 Å². The van der Waals surface area contributed by atoms with E-state index < -0.39 is 0 Å². The lowest BCUT2D eigenvalue weighted by atomic mass is 10.0. The van der Waals surface area contributed by atoms with Crippen molar-refractivity contribution in [1.82, 2.24) is 10.6 Å². The lowest BCUT2D eigenvalue weighted by Gasteiger charge is -2.18. The fourth-order valence-electron chi connectivity index (χ4n) is 1.30. The number of primary amides is 1. The molecule has 0 bridgehead atoms. The van der Waals surface area contributed by atoms with Crippen LogP contribution < -0.4 is 16.4 Å². The fourth-order valence-corrected chi connectivity index (χ4v) is 1.30. The topological polar surface area (TPSA) is 84.2 Å². The number of nitrogens with one attached hydrogen (secondary N) is 2. The number of hydrogen-bond donors (Lipinski definition) is 3. The SMILES string of the molecule is CNC(=O)CCCNC(C(N)=O)C(C)C. The third kappa shape index (κ3) is 6.06. The molecule has 0 spiro atoms. The molecule has 5 nitrogen and oxygen atoms in total. The molecule has 0 fully saturated rings. The van der Waals surface area contributed by atoms with Crippen molar-refractivity contribution < 1.29 is 9.59 Å². The van der Waals surface area contributed by atoms with Crippen LogP contribution in [0, 0.1) is 5.92 Å². The Balaban J connectivity index is 3.72. The molecule has 0 heterocycles. The second kappa shape index (κ2) is 7.23. The van der Waals surface area contributed by atoms with Gasteiger partial charge in [-0.2, -0.15) is 0 Å². The van der Waals surface area contributed by atoms with E-state index in [1.54, 1.807) is 7.05 Å². The summed E-state index contributed by atoms with van der Waals surface area (Å²) in [4.78, 5) is 21.9. The summed E-state index contributed by atoms with van der Waals surface area (Å²) >= 11 is 0. The Labute approximate surface area is 90.8 Å². The summed E-state index contributed by atoms with van der Waals surface area (Å²) in [6.45, 7) is 4.49. The van der Waals surface area contributed by atoms with E-state index >= 15 is 0 Å². The zero-order valence-corrected chi connectivity index (χ0v) is 9.67. The van der Waals surface area contributed by atoms with Crippen LogP contribution >= 0.6 is 0 Å². The van der Waals surface area contributed by atoms with E-state index in [9.17, 15) is 9.59 Å². The zero-order chi connectivity index (χ0) is 11.8. The highest BCUT2D eigenvalue weighted by atomic mass is 16.2. The second-order valence-corrected chi connectivity index (χ2v) is 3.85. The van der Waals surface area contributed by atoms with Gasteiger partial charge in [0.05, 0.1) is 6.04 Å². The molecule has 0 saturated heterocycles. The Bertz CT molecular complexity index is 217. The van der Waals surface area contributed by atoms with Gasteiger partial charge in [-0.15, -0.1) is 0 Å². The molecule has 0 aromatic heterocycles. The highest BCUT2D eigenvalue weighted by Crippen LogP contribution is 2.00. The fraction of sp³-hybridized carbons (Fsp3) is 0.800. The first kappa shape index (κ1) is 13.9. The molecule has 0 radical (unpaired) electrons. The number of nitrogens with two attached hydrogens (primary N) is 1. The van der Waals surface area contributed by atoms with E-state index in [-0.39, 0.29) is 23.8 Å². The van der Waals surface area contributed by atoms with Gasteiger partial charge in [-0.25, -0.2) is 0 Å². The summed E-state index contributed by atoms with van der Waals surface area (Å²) in [6, 6.07) is -0.310. The van der Waals surface area contributed by atoms with E-state index in [0.29, 0.717) is 19.4 Å². The monoisotopic (exact) mass is 215 g/mol. The molecular formula is C10H21N3O2. The molecule has 4 N–H and O–H groups in total. The van der Waals surface area contributed by atoms with Crippen LogP contribution in [-0.2, 0) is 9.59 Å². The summed E-state index contributed by atoms with van der Waals surface area (Å²) in [5.74, 6) is -0.163. The summed E-state index contributed by atoms with van der Waals surface area (Å²) in [5, 5.41) is 5.58. The predicted molar refractivity (Wildman–Crippen MR) is 59.1 cm³/mol. The second-order valence-electron chi connectivity index (χ2n) is 3.85. The number of rotatable bonds is 7. The minimum atomic E-state index is -0.343. The lowest BCUT2D eigenvalue weighted by Crippen LogP contribution is -2.45. The standard InChI is InChI=1S/C10H21N3O2/c1-7(2)9(10(11)15)13-6-4-5-8(14)12-3/h7,9,13H,4-6H2,1-3H3,(H2,11,15)(H,12,14). The smallest absolute Gasteiger partial charge is 0.234 e. The van der Waals surface area contributed by atoms with Crippen LogP contribution in [-0.4, -0.2) is 31.4 Å². The van der Waals surface area contributed by atoms with Gasteiger partial charge in [0.25, 0.3) is 0 Å². The van der Waals surface area contributed by atoms with Gasteiger partial charge in [-0.1, -0.05) is 13.8 Å². The Kier molecular flexibility index (Phi) is 6.70. The minimum Gasteiger partial charge on any atom is -0.368 e. The van der Waals surface area contributed by atoms with Crippen molar-refractivity contribution in [3.63, 3.8) is 0 Å². The summed E-state index contributed by atoms with van der Waals surface area (Å²) in [7, 11) is 1.61. The number of carbonyl (C=O) groups is 2. The maximum Gasteiger partial charge on any atom is 0.234 e. The van der Waals surface area contributed by atoms with Crippen molar-refractivity contribution in [2.45, 2.75) is 32.7 Å². The molecule has 0 rings (SSSR count). The van der Waals surface area contributed by atoms with E-state index in [1.807, 2.05) is 13.8 Å². The lowest BCUT2D eigenvalue weighted by molar-refractivity contribution is -0.121. The molecule has 0 saturated carbocycles. The Hall–Kier alpha value is -1.10. The molecule has 2 amide bonds. The zero-order valence-electron chi connectivity index (χ0n) is 9.67. The molecule has 15 heavy (non-hydrogen) atoms. The van der Waals surface area contributed by atoms with Crippen LogP contribution in [0.2, 0.25) is 0 Å². The van der Waals surface area contributed by atoms with E-state index in [2.05, 4.69) is 10.6 Å². The molecule has 88 valence electrons. The van der Waals surface area contributed by atoms with E-state index in [0.717, 1.165) is 0 Å².